The van der Waals surface area contributed by atoms with Crippen molar-refractivity contribution in [1.29, 1.82) is 0 Å². The molecule has 0 aromatic heterocycles. The van der Waals surface area contributed by atoms with Gasteiger partial charge in [0.2, 0.25) is 5.54 Å². The molecule has 1 saturated heterocycles. The van der Waals surface area contributed by atoms with Crippen LogP contribution in [0.25, 0.3) is 0 Å². The summed E-state index contributed by atoms with van der Waals surface area (Å²) >= 11 is 6.23. The number of nitrogens with zero attached hydrogens (tertiary/aromatic N) is 2. The van der Waals surface area contributed by atoms with Crippen molar-refractivity contribution in [2.24, 2.45) is 10.5 Å². The summed E-state index contributed by atoms with van der Waals surface area (Å²) in [5, 5.41) is 9.91. The van der Waals surface area contributed by atoms with Crippen molar-refractivity contribution in [3.8, 4) is 0 Å². The average molecular weight is 560 g/mol. The number of esters is 2. The first-order valence-corrected chi connectivity index (χ1v) is 13.6. The van der Waals surface area contributed by atoms with Crippen LogP contribution in [0.4, 0.5) is 5.69 Å². The fourth-order valence-corrected chi connectivity index (χ4v) is 6.16. The van der Waals surface area contributed by atoms with Gasteiger partial charge in [-0.1, -0.05) is 72.3 Å². The first-order chi connectivity index (χ1) is 19.3. The van der Waals surface area contributed by atoms with Crippen LogP contribution >= 0.6 is 11.6 Å². The van der Waals surface area contributed by atoms with E-state index in [0.717, 1.165) is 0 Å². The zero-order valence-electron chi connectivity index (χ0n) is 22.5. The van der Waals surface area contributed by atoms with E-state index in [1.807, 2.05) is 24.3 Å². The molecule has 0 aliphatic carbocycles. The normalized spacial score (nSPS) is 23.2. The lowest BCUT2D eigenvalue weighted by Gasteiger charge is -2.37. The largest absolute Gasteiger partial charge is 0.464 e. The number of hydrogen-bond acceptors (Lipinski definition) is 7. The summed E-state index contributed by atoms with van der Waals surface area (Å²) in [6.45, 7) is 5.14. The molecule has 3 aromatic carbocycles. The number of hydrazone groups is 1. The van der Waals surface area contributed by atoms with Crippen LogP contribution in [0.3, 0.4) is 0 Å². The van der Waals surface area contributed by atoms with Crippen molar-refractivity contribution in [3.05, 3.63) is 101 Å². The molecule has 3 atom stereocenters. The van der Waals surface area contributed by atoms with Crippen molar-refractivity contribution >= 4 is 40.8 Å². The summed E-state index contributed by atoms with van der Waals surface area (Å²) in [6.07, 6.45) is 0. The monoisotopic (exact) mass is 559 g/mol. The van der Waals surface area contributed by atoms with Crippen molar-refractivity contribution < 1.29 is 23.9 Å². The molecular weight excluding hydrogens is 530 g/mol. The maximum absolute atomic E-state index is 14.9. The zero-order chi connectivity index (χ0) is 28.5. The molecule has 40 heavy (non-hydrogen) atoms. The number of rotatable bonds is 7. The second kappa shape index (κ2) is 10.9. The fraction of sp³-hybridized carbons (Fsp3) is 0.290. The highest BCUT2D eigenvalue weighted by atomic mass is 35.5. The highest BCUT2D eigenvalue weighted by molar-refractivity contribution is 6.30. The molecule has 206 valence electrons. The minimum atomic E-state index is -2.06. The Hall–Kier alpha value is -4.01. The topological polar surface area (TPSA) is 97.3 Å². The summed E-state index contributed by atoms with van der Waals surface area (Å²) in [6, 6.07) is 24.2. The molecule has 8 nitrogen and oxygen atoms in total. The lowest BCUT2D eigenvalue weighted by atomic mass is 9.61. The van der Waals surface area contributed by atoms with E-state index in [1.165, 1.54) is 5.01 Å². The first kappa shape index (κ1) is 27.6. The average Bonchev–Trinajstić information content (AvgIpc) is 3.44. The van der Waals surface area contributed by atoms with Crippen LogP contribution in [0.5, 0.6) is 0 Å². The number of hydrogen-bond donors (Lipinski definition) is 1. The van der Waals surface area contributed by atoms with Crippen LogP contribution in [-0.4, -0.2) is 42.3 Å². The summed E-state index contributed by atoms with van der Waals surface area (Å²) in [7, 11) is 0. The third-order valence-electron chi connectivity index (χ3n) is 7.64. The van der Waals surface area contributed by atoms with Gasteiger partial charge in [-0.25, -0.2) is 9.59 Å². The third-order valence-corrected chi connectivity index (χ3v) is 7.89. The van der Waals surface area contributed by atoms with Gasteiger partial charge in [0.15, 0.2) is 0 Å². The smallest absolute Gasteiger partial charge is 0.338 e. The maximum Gasteiger partial charge on any atom is 0.338 e. The molecule has 1 amide bonds. The van der Waals surface area contributed by atoms with Crippen LogP contribution in [0.15, 0.2) is 90.0 Å². The molecule has 5 rings (SSSR count). The highest BCUT2D eigenvalue weighted by Gasteiger charge is 2.76. The molecule has 0 saturated carbocycles. The Morgan fingerprint density at radius 2 is 1.43 bits per heavy atom. The Morgan fingerprint density at radius 3 is 1.98 bits per heavy atom. The van der Waals surface area contributed by atoms with Gasteiger partial charge in [-0.15, -0.1) is 0 Å². The number of carbonyl (C=O) groups is 3. The molecule has 1 fully saturated rings. The Labute approximate surface area is 237 Å². The molecule has 2 aliphatic rings. The summed E-state index contributed by atoms with van der Waals surface area (Å²) < 4.78 is 11.1. The second-order valence-electron chi connectivity index (χ2n) is 9.73. The number of amides is 1. The predicted octanol–water partition coefficient (Wildman–Crippen LogP) is 5.04. The standard InChI is InChI=1S/C31H30ClN3O5/c1-4-39-28(37)31(29(38)40-5-2)25(21-12-8-6-9-13-21)30(26(33-31)22-16-18-23(32)19-17-22)20(3)34-35(27(30)36)24-14-10-7-11-15-24/h6-19,25-26,33H,4-5H2,1-3H3/t25-,26+,30+/m0/s1. The summed E-state index contributed by atoms with van der Waals surface area (Å²) in [4.78, 5) is 42.9. The van der Waals surface area contributed by atoms with Crippen molar-refractivity contribution in [2.75, 3.05) is 18.2 Å². The minimum Gasteiger partial charge on any atom is -0.464 e. The molecular formula is C31H30ClN3O5. The minimum absolute atomic E-state index is 0.0267. The van der Waals surface area contributed by atoms with E-state index in [0.29, 0.717) is 27.5 Å². The van der Waals surface area contributed by atoms with Crippen LogP contribution < -0.4 is 10.3 Å². The van der Waals surface area contributed by atoms with Gasteiger partial charge < -0.3 is 9.47 Å². The van der Waals surface area contributed by atoms with E-state index in [4.69, 9.17) is 26.2 Å². The molecule has 0 unspecified atom stereocenters. The van der Waals surface area contributed by atoms with E-state index in [9.17, 15) is 14.4 Å². The van der Waals surface area contributed by atoms with Gasteiger partial charge in [-0.3, -0.25) is 10.1 Å². The second-order valence-corrected chi connectivity index (χ2v) is 10.2. The number of anilines is 1. The van der Waals surface area contributed by atoms with Crippen LogP contribution in [0.1, 0.15) is 43.9 Å². The Balaban J connectivity index is 1.85. The Kier molecular flexibility index (Phi) is 7.49. The Morgan fingerprint density at radius 1 is 0.875 bits per heavy atom. The number of ether oxygens (including phenoxy) is 2. The van der Waals surface area contributed by atoms with Gasteiger partial charge in [0, 0.05) is 10.9 Å². The number of halogens is 1. The molecule has 0 bridgehead atoms. The zero-order valence-corrected chi connectivity index (χ0v) is 23.2. The van der Waals surface area contributed by atoms with E-state index in [2.05, 4.69) is 5.32 Å². The predicted molar refractivity (Wildman–Crippen MR) is 152 cm³/mol. The molecule has 9 heteroatoms. The van der Waals surface area contributed by atoms with E-state index < -0.39 is 34.9 Å². The van der Waals surface area contributed by atoms with Gasteiger partial charge >= 0.3 is 11.9 Å². The van der Waals surface area contributed by atoms with Crippen molar-refractivity contribution in [1.82, 2.24) is 5.32 Å². The molecule has 1 spiro atoms. The number of nitrogens with one attached hydrogen (secondary N) is 1. The molecule has 2 aliphatic heterocycles. The van der Waals surface area contributed by atoms with Crippen LogP contribution in [0.2, 0.25) is 5.02 Å². The summed E-state index contributed by atoms with van der Waals surface area (Å²) in [5.74, 6) is -3.09. The Bertz CT molecular complexity index is 1430. The SMILES string of the molecule is CCOC(=O)C1(C(=O)OCC)N[C@H](c2ccc(Cl)cc2)[C@]2(C(=O)N(c3ccccc3)N=C2C)[C@@H]1c1ccccc1. The van der Waals surface area contributed by atoms with Gasteiger partial charge in [-0.2, -0.15) is 10.1 Å². The lowest BCUT2D eigenvalue weighted by Crippen LogP contribution is -2.60. The van der Waals surface area contributed by atoms with Gasteiger partial charge in [0.1, 0.15) is 5.41 Å². The molecule has 1 N–H and O–H groups in total. The third kappa shape index (κ3) is 4.10. The number of para-hydroxylation sites is 1. The van der Waals surface area contributed by atoms with Crippen molar-refractivity contribution in [2.45, 2.75) is 38.3 Å². The van der Waals surface area contributed by atoms with Crippen molar-refractivity contribution in [3.63, 3.8) is 0 Å². The number of benzene rings is 3. The van der Waals surface area contributed by atoms with Crippen LogP contribution in [-0.2, 0) is 23.9 Å². The maximum atomic E-state index is 14.9. The molecule has 0 radical (unpaired) electrons. The van der Waals surface area contributed by atoms with E-state index in [-0.39, 0.29) is 19.1 Å². The molecule has 3 aromatic rings. The molecule has 2 heterocycles. The van der Waals surface area contributed by atoms with E-state index >= 15 is 0 Å². The summed E-state index contributed by atoms with van der Waals surface area (Å²) in [5.41, 5.74) is -1.32. The quantitative estimate of drug-likeness (QED) is 0.322. The highest BCUT2D eigenvalue weighted by Crippen LogP contribution is 2.61. The van der Waals surface area contributed by atoms with Crippen LogP contribution in [0, 0.1) is 5.41 Å². The van der Waals surface area contributed by atoms with Gasteiger partial charge in [0.25, 0.3) is 5.91 Å². The van der Waals surface area contributed by atoms with Gasteiger partial charge in [-0.05, 0) is 56.2 Å². The van der Waals surface area contributed by atoms with Gasteiger partial charge in [0.05, 0.1) is 30.7 Å². The number of carbonyl (C=O) groups excluding carboxylic acids is 3. The van der Waals surface area contributed by atoms with E-state index in [1.54, 1.807) is 81.4 Å². The first-order valence-electron chi connectivity index (χ1n) is 13.2. The lowest BCUT2D eigenvalue weighted by molar-refractivity contribution is -0.166. The fourth-order valence-electron chi connectivity index (χ4n) is 6.04.